The number of hydrogen-bond acceptors (Lipinski definition) is 8. The minimum atomic E-state index is -0.921. The first kappa shape index (κ1) is 17.7. The van der Waals surface area contributed by atoms with Crippen molar-refractivity contribution in [3.05, 3.63) is 45.7 Å². The van der Waals surface area contributed by atoms with Crippen molar-refractivity contribution >= 4 is 11.2 Å². The first-order chi connectivity index (χ1) is 13.0. The zero-order chi connectivity index (χ0) is 19.0. The van der Waals surface area contributed by atoms with E-state index in [9.17, 15) is 13.7 Å². The molecule has 0 amide bonds. The van der Waals surface area contributed by atoms with Crippen molar-refractivity contribution in [2.75, 3.05) is 18.6 Å². The van der Waals surface area contributed by atoms with Crippen molar-refractivity contribution in [2.24, 2.45) is 0 Å². The van der Waals surface area contributed by atoms with Crippen LogP contribution in [-0.4, -0.2) is 43.2 Å². The van der Waals surface area contributed by atoms with Crippen LogP contribution in [0.4, 0.5) is 4.39 Å². The molecule has 0 aliphatic heterocycles. The number of fused-ring (bicyclic) bond motifs is 1. The molecule has 1 aliphatic rings. The van der Waals surface area contributed by atoms with Gasteiger partial charge in [-0.05, 0) is 40.0 Å². The van der Waals surface area contributed by atoms with E-state index in [4.69, 9.17) is 13.9 Å². The van der Waals surface area contributed by atoms with Crippen LogP contribution in [0.5, 0.6) is 5.88 Å². The van der Waals surface area contributed by atoms with Gasteiger partial charge >= 0.3 is 5.76 Å². The second kappa shape index (κ2) is 7.16. The molecule has 0 saturated carbocycles. The van der Waals surface area contributed by atoms with Gasteiger partial charge in [-0.2, -0.15) is 0 Å². The Bertz CT molecular complexity index is 1010. The summed E-state index contributed by atoms with van der Waals surface area (Å²) in [5.74, 6) is -0.446. The van der Waals surface area contributed by atoms with Gasteiger partial charge in [0.2, 0.25) is 11.5 Å². The van der Waals surface area contributed by atoms with Gasteiger partial charge in [0, 0.05) is 6.42 Å². The molecular weight excluding hydrogens is 379 g/mol. The summed E-state index contributed by atoms with van der Waals surface area (Å²) in [6.07, 6.45) is 2.69. The number of aromatic nitrogens is 4. The SMILES string of the molecule is C[S+]([O-])CCCOc1nonc1-c1noc(=O)n1C1Cc2ccc(F)cc21. The van der Waals surface area contributed by atoms with Gasteiger partial charge in [0.1, 0.15) is 11.6 Å². The molecular formula is C16H15FN4O5S. The van der Waals surface area contributed by atoms with Gasteiger partial charge in [0.05, 0.1) is 18.9 Å². The zero-order valence-electron chi connectivity index (χ0n) is 14.3. The van der Waals surface area contributed by atoms with Crippen LogP contribution in [-0.2, 0) is 17.6 Å². The summed E-state index contributed by atoms with van der Waals surface area (Å²) in [5.41, 5.74) is 1.75. The van der Waals surface area contributed by atoms with Crippen LogP contribution < -0.4 is 10.5 Å². The van der Waals surface area contributed by atoms with Gasteiger partial charge in [-0.25, -0.2) is 18.4 Å². The fourth-order valence-electron chi connectivity index (χ4n) is 3.01. The highest BCUT2D eigenvalue weighted by Crippen LogP contribution is 2.38. The summed E-state index contributed by atoms with van der Waals surface area (Å²) < 4.78 is 41.0. The average molecular weight is 394 g/mol. The molecule has 2 atom stereocenters. The van der Waals surface area contributed by atoms with Gasteiger partial charge in [-0.3, -0.25) is 4.52 Å². The number of ether oxygens (including phenoxy) is 1. The third-order valence-electron chi connectivity index (χ3n) is 4.31. The monoisotopic (exact) mass is 394 g/mol. The van der Waals surface area contributed by atoms with Crippen LogP contribution in [0.3, 0.4) is 0 Å². The van der Waals surface area contributed by atoms with E-state index in [1.165, 1.54) is 16.7 Å². The smallest absolute Gasteiger partial charge is 0.442 e. The van der Waals surface area contributed by atoms with Crippen molar-refractivity contribution in [3.8, 4) is 17.4 Å². The van der Waals surface area contributed by atoms with Crippen LogP contribution in [0.1, 0.15) is 23.6 Å². The summed E-state index contributed by atoms with van der Waals surface area (Å²) >= 11 is -0.921. The molecule has 4 rings (SSSR count). The lowest BCUT2D eigenvalue weighted by atomic mass is 9.83. The number of rotatable bonds is 7. The molecule has 2 aromatic heterocycles. The van der Waals surface area contributed by atoms with E-state index in [2.05, 4.69) is 15.5 Å². The molecule has 0 N–H and O–H groups in total. The highest BCUT2D eigenvalue weighted by Gasteiger charge is 2.34. The summed E-state index contributed by atoms with van der Waals surface area (Å²) in [6, 6.07) is 4.03. The molecule has 0 spiro atoms. The predicted molar refractivity (Wildman–Crippen MR) is 91.3 cm³/mol. The van der Waals surface area contributed by atoms with Crippen LogP contribution in [0, 0.1) is 5.82 Å². The molecule has 3 aromatic rings. The Morgan fingerprint density at radius 3 is 3.07 bits per heavy atom. The highest BCUT2D eigenvalue weighted by molar-refractivity contribution is 7.90. The normalized spacial score (nSPS) is 16.6. The quantitative estimate of drug-likeness (QED) is 0.435. The molecule has 0 saturated heterocycles. The molecule has 2 unspecified atom stereocenters. The molecule has 142 valence electrons. The fourth-order valence-corrected chi connectivity index (χ4v) is 3.54. The molecule has 1 aromatic carbocycles. The number of benzene rings is 1. The lowest BCUT2D eigenvalue weighted by Crippen LogP contribution is -2.31. The Hall–Kier alpha value is -2.66. The molecule has 0 bridgehead atoms. The maximum Gasteiger partial charge on any atom is 0.442 e. The van der Waals surface area contributed by atoms with Crippen molar-refractivity contribution in [3.63, 3.8) is 0 Å². The first-order valence-electron chi connectivity index (χ1n) is 8.17. The summed E-state index contributed by atoms with van der Waals surface area (Å²) in [6.45, 7) is 0.250. The van der Waals surface area contributed by atoms with E-state index in [1.807, 2.05) is 0 Å². The number of halogens is 1. The maximum absolute atomic E-state index is 13.6. The summed E-state index contributed by atoms with van der Waals surface area (Å²) in [4.78, 5) is 12.2. The molecule has 11 heteroatoms. The molecule has 27 heavy (non-hydrogen) atoms. The molecule has 0 fully saturated rings. The van der Waals surface area contributed by atoms with E-state index < -0.39 is 23.0 Å². The third kappa shape index (κ3) is 3.35. The topological polar surface area (TPSA) is 119 Å². The van der Waals surface area contributed by atoms with E-state index in [0.717, 1.165) is 5.56 Å². The Labute approximate surface area is 155 Å². The largest absolute Gasteiger partial charge is 0.617 e. The van der Waals surface area contributed by atoms with Gasteiger partial charge in [0.15, 0.2) is 0 Å². The molecule has 1 aliphatic carbocycles. The zero-order valence-corrected chi connectivity index (χ0v) is 15.1. The standard InChI is InChI=1S/C16H15FN4O5S/c1-27(23)6-2-5-24-15-13(18-26-20-15)14-19-25-16(22)21(14)12-7-9-3-4-10(17)8-11(9)12/h3-4,8,12H,2,5-7H2,1H3. The highest BCUT2D eigenvalue weighted by atomic mass is 32.2. The Kier molecular flexibility index (Phi) is 4.70. The van der Waals surface area contributed by atoms with Gasteiger partial charge in [-0.1, -0.05) is 22.4 Å². The minimum absolute atomic E-state index is 0.0534. The summed E-state index contributed by atoms with van der Waals surface area (Å²) in [5, 5.41) is 11.2. The van der Waals surface area contributed by atoms with Crippen LogP contribution >= 0.6 is 0 Å². The molecule has 0 radical (unpaired) electrons. The van der Waals surface area contributed by atoms with Crippen LogP contribution in [0.25, 0.3) is 11.5 Å². The van der Waals surface area contributed by atoms with Gasteiger partial charge in [-0.15, -0.1) is 0 Å². The Morgan fingerprint density at radius 1 is 1.41 bits per heavy atom. The van der Waals surface area contributed by atoms with Gasteiger partial charge in [0.25, 0.3) is 5.88 Å². The Morgan fingerprint density at radius 2 is 2.26 bits per heavy atom. The van der Waals surface area contributed by atoms with Crippen molar-refractivity contribution in [1.82, 2.24) is 20.0 Å². The molecule has 2 heterocycles. The lowest BCUT2D eigenvalue weighted by molar-refractivity contribution is 0.255. The van der Waals surface area contributed by atoms with Crippen molar-refractivity contribution in [2.45, 2.75) is 18.9 Å². The fraction of sp³-hybridized carbons (Fsp3) is 0.375. The lowest BCUT2D eigenvalue weighted by Gasteiger charge is -2.30. The summed E-state index contributed by atoms with van der Waals surface area (Å²) in [7, 11) is 0. The first-order valence-corrected chi connectivity index (χ1v) is 9.89. The van der Waals surface area contributed by atoms with Crippen molar-refractivity contribution in [1.29, 1.82) is 0 Å². The van der Waals surface area contributed by atoms with Crippen LogP contribution in [0.2, 0.25) is 0 Å². The van der Waals surface area contributed by atoms with Crippen molar-refractivity contribution < 1.29 is 22.8 Å². The predicted octanol–water partition coefficient (Wildman–Crippen LogP) is 1.32. The minimum Gasteiger partial charge on any atom is -0.617 e. The Balaban J connectivity index is 1.60. The second-order valence-electron chi connectivity index (χ2n) is 6.10. The van der Waals surface area contributed by atoms with E-state index in [0.29, 0.717) is 24.2 Å². The van der Waals surface area contributed by atoms with E-state index >= 15 is 0 Å². The number of nitrogens with zero attached hydrogens (tertiary/aromatic N) is 4. The van der Waals surface area contributed by atoms with E-state index in [1.54, 1.807) is 12.3 Å². The third-order valence-corrected chi connectivity index (χ3v) is 5.18. The van der Waals surface area contributed by atoms with Crippen LogP contribution in [0.15, 0.2) is 32.1 Å². The second-order valence-corrected chi connectivity index (χ2v) is 7.66. The number of hydrogen-bond donors (Lipinski definition) is 0. The molecule has 9 nitrogen and oxygen atoms in total. The van der Waals surface area contributed by atoms with E-state index in [-0.39, 0.29) is 29.8 Å². The average Bonchev–Trinajstić information content (AvgIpc) is 3.21. The maximum atomic E-state index is 13.6. The van der Waals surface area contributed by atoms with Gasteiger partial charge < -0.3 is 9.29 Å².